The first-order chi connectivity index (χ1) is 12.4. The summed E-state index contributed by atoms with van der Waals surface area (Å²) in [6.45, 7) is 0. The number of carboxylic acid groups (broad SMARTS) is 1. The third-order valence-electron chi connectivity index (χ3n) is 2.97. The molecule has 2 rings (SSSR count). The monoisotopic (exact) mass is 657 g/mol. The van der Waals surface area contributed by atoms with Gasteiger partial charge in [-0.25, -0.2) is 0 Å². The number of carboxylic acids is 1. The second-order valence-corrected chi connectivity index (χ2v) is 8.24. The molecule has 0 heterocycles. The predicted molar refractivity (Wildman–Crippen MR) is 74.2 cm³/mol. The Balaban J connectivity index is 2.39. The van der Waals surface area contributed by atoms with Crippen molar-refractivity contribution in [2.45, 2.75) is 12.5 Å². The van der Waals surface area contributed by atoms with Gasteiger partial charge in [-0.15, -0.1) is 0 Å². The van der Waals surface area contributed by atoms with Crippen LogP contribution < -0.4 is 77.6 Å². The van der Waals surface area contributed by atoms with Gasteiger partial charge < -0.3 is 0 Å². The predicted octanol–water partition coefficient (Wildman–Crippen LogP) is -8.50. The van der Waals surface area contributed by atoms with Gasteiger partial charge in [-0.05, 0) is 0 Å². The molecule has 0 bridgehead atoms. The Bertz CT molecular complexity index is 785. The molecule has 0 aliphatic rings. The standard InChI is InChI=1S/C15H15I3NO4/c16-9-6-8(1-2-13(9)20)23-14-10(17)3-7(4-11(14)18)5-12(19)15(21)22/h1-4,6,12,16-18,20H,5,19H2,(H,21,22)/q-3/t12-/m0/s1/i16D,17D,18D. The molecule has 23 heavy (non-hydrogen) atoms. The molecular weight excluding hydrogens is 639 g/mol. The van der Waals surface area contributed by atoms with E-state index in [1.165, 1.54) is 6.07 Å². The Kier molecular flexibility index (Phi) is 5.31. The average Bonchev–Trinajstić information content (AvgIpc) is 2.63. The molecule has 0 radical (unpaired) electrons. The molecule has 128 valence electrons. The molecule has 2 aromatic carbocycles. The zero-order valence-electron chi connectivity index (χ0n) is 14.6. The molecule has 8 heteroatoms. The van der Waals surface area contributed by atoms with Gasteiger partial charge in [0, 0.05) is 0 Å². The van der Waals surface area contributed by atoms with Crippen LogP contribution in [0.2, 0.25) is 0 Å². The van der Waals surface area contributed by atoms with E-state index in [0.29, 0.717) is 27.8 Å². The van der Waals surface area contributed by atoms with Crippen molar-refractivity contribution in [3.63, 3.8) is 0 Å². The molecule has 0 spiro atoms. The van der Waals surface area contributed by atoms with Crippen molar-refractivity contribution in [2.24, 2.45) is 5.73 Å². The van der Waals surface area contributed by atoms with Crippen molar-refractivity contribution in [1.29, 1.82) is 1.78 Å². The first-order valence-corrected chi connectivity index (χ1v) is 9.64. The number of nitrogens with two attached hydrogens (primary N) is 1. The van der Waals surface area contributed by atoms with Gasteiger partial charge in [0.05, 0.1) is 0 Å². The van der Waals surface area contributed by atoms with Gasteiger partial charge >= 0.3 is 177 Å². The van der Waals surface area contributed by atoms with Crippen molar-refractivity contribution >= 4 is 5.97 Å². The number of aliphatic carboxylic acids is 1. The number of rotatable bonds is 8. The fourth-order valence-electron chi connectivity index (χ4n) is 1.84. The van der Waals surface area contributed by atoms with Gasteiger partial charge in [0.15, 0.2) is 0 Å². The van der Waals surface area contributed by atoms with Gasteiger partial charge in [0.2, 0.25) is 0 Å². The third kappa shape index (κ3) is 5.06. The van der Waals surface area contributed by atoms with E-state index in [1.54, 1.807) is 24.3 Å². The number of carbonyl (C=O) groups is 1. The SMILES string of the molecule is [2H][I-]c1cc(Oc2c([I-][2H])cc(C[C@H](N)C(=O)O)cc2[I-][2H])ccc1O. The Morgan fingerprint density at radius 1 is 1.22 bits per heavy atom. The summed E-state index contributed by atoms with van der Waals surface area (Å²) in [5.41, 5.74) is 6.29. The number of halogens is 3. The second-order valence-electron chi connectivity index (χ2n) is 4.75. The molecule has 5 nitrogen and oxygen atoms in total. The van der Waals surface area contributed by atoms with Crippen molar-refractivity contribution in [3.05, 3.63) is 46.6 Å². The van der Waals surface area contributed by atoms with Gasteiger partial charge in [-0.2, -0.15) is 0 Å². The van der Waals surface area contributed by atoms with Crippen LogP contribution >= 0.6 is 0 Å². The van der Waals surface area contributed by atoms with E-state index < -0.39 is 79.2 Å². The molecule has 2 aromatic rings. The van der Waals surface area contributed by atoms with Crippen LogP contribution in [0.1, 0.15) is 5.56 Å². The molecule has 0 aliphatic carbocycles. The van der Waals surface area contributed by atoms with Crippen LogP contribution in [0, 0.1) is 10.7 Å². The van der Waals surface area contributed by atoms with Crippen LogP contribution in [0.15, 0.2) is 30.3 Å². The number of benzene rings is 2. The van der Waals surface area contributed by atoms with Gasteiger partial charge in [-0.1, -0.05) is 0 Å². The Labute approximate surface area is 175 Å². The molecule has 4 N–H and O–H groups in total. The summed E-state index contributed by atoms with van der Waals surface area (Å²) in [7, 11) is 0. The summed E-state index contributed by atoms with van der Waals surface area (Å²) in [5.74, 6) is -0.0930. The van der Waals surface area contributed by atoms with Crippen molar-refractivity contribution in [3.8, 4) is 17.2 Å². The minimum atomic E-state index is -1.12. The second kappa shape index (κ2) is 8.16. The topological polar surface area (TPSA) is 92.8 Å². The Morgan fingerprint density at radius 3 is 2.43 bits per heavy atom. The summed E-state index contributed by atoms with van der Waals surface area (Å²) in [5, 5.41) is 18.7. The molecule has 0 saturated carbocycles. The first kappa shape index (κ1) is 15.0. The van der Waals surface area contributed by atoms with E-state index in [1.807, 2.05) is 0 Å². The summed E-state index contributed by atoms with van der Waals surface area (Å²) in [6, 6.07) is 7.12. The Hall–Kier alpha value is -0.340. The van der Waals surface area contributed by atoms with Gasteiger partial charge in [0.25, 0.3) is 0 Å². The average molecular weight is 657 g/mol. The van der Waals surface area contributed by atoms with E-state index in [2.05, 4.69) is 0 Å². The van der Waals surface area contributed by atoms with E-state index in [4.69, 9.17) is 17.4 Å². The Morgan fingerprint density at radius 2 is 1.87 bits per heavy atom. The van der Waals surface area contributed by atoms with Crippen LogP contribution in [0.3, 0.4) is 0 Å². The van der Waals surface area contributed by atoms with Crippen molar-refractivity contribution < 1.29 is 86.9 Å². The fourth-order valence-corrected chi connectivity index (χ4v) is 4.44. The van der Waals surface area contributed by atoms with E-state index in [-0.39, 0.29) is 12.2 Å². The first-order valence-electron chi connectivity index (χ1n) is 7.54. The van der Waals surface area contributed by atoms with Crippen LogP contribution in [-0.4, -0.2) is 24.0 Å². The fraction of sp³-hybridized carbons (Fsp3) is 0.133. The van der Waals surface area contributed by atoms with Crippen molar-refractivity contribution in [1.82, 2.24) is 0 Å². The quantitative estimate of drug-likeness (QED) is 0.246. The van der Waals surface area contributed by atoms with E-state index in [0.717, 1.165) is 0 Å². The van der Waals surface area contributed by atoms with Crippen LogP contribution in [-0.2, 0) is 11.2 Å². The maximum absolute atomic E-state index is 11.0. The zero-order valence-corrected chi connectivity index (χ0v) is 18.1. The summed E-state index contributed by atoms with van der Waals surface area (Å²) in [4.78, 5) is 11.0. The number of hydrogen-bond acceptors (Lipinski definition) is 4. The third-order valence-corrected chi connectivity index (χ3v) is 5.44. The molecule has 1 atom stereocenters. The van der Waals surface area contributed by atoms with Crippen molar-refractivity contribution in [2.75, 3.05) is 0 Å². The molecular formula is C15H15I3NO4-3. The van der Waals surface area contributed by atoms with Gasteiger partial charge in [0.1, 0.15) is 0 Å². The molecule has 0 amide bonds. The molecule has 0 unspecified atom stereocenters. The summed E-state index contributed by atoms with van der Waals surface area (Å²) < 4.78 is 31.0. The maximum atomic E-state index is 11.0. The van der Waals surface area contributed by atoms with Crippen LogP contribution in [0.25, 0.3) is 0 Å². The van der Waals surface area contributed by atoms with Gasteiger partial charge in [-0.3, -0.25) is 0 Å². The minimum absolute atomic E-state index is 0.0689. The molecule has 0 aliphatic heterocycles. The molecule has 0 aromatic heterocycles. The number of phenols is 1. The number of aromatic hydroxyl groups is 1. The number of hydrogen-bond donors (Lipinski definition) is 3. The normalized spacial score (nSPS) is 14.2. The molecule has 0 fully saturated rings. The zero-order chi connectivity index (χ0) is 19.3. The summed E-state index contributed by atoms with van der Waals surface area (Å²) >= 11 is -3.30. The van der Waals surface area contributed by atoms with Crippen LogP contribution in [0.4, 0.5) is 0 Å². The summed E-state index contributed by atoms with van der Waals surface area (Å²) in [6.07, 6.45) is 0.135. The molecule has 0 saturated heterocycles. The van der Waals surface area contributed by atoms with E-state index in [9.17, 15) is 9.90 Å². The van der Waals surface area contributed by atoms with E-state index >= 15 is 0 Å². The number of phenolic OH excluding ortho intramolecular Hbond substituents is 1. The number of ether oxygens (including phenoxy) is 1. The van der Waals surface area contributed by atoms with Crippen LogP contribution in [0.5, 0.6) is 17.2 Å².